The molecule has 0 aromatic heterocycles. The summed E-state index contributed by atoms with van der Waals surface area (Å²) >= 11 is 0. The molecule has 0 aliphatic carbocycles. The van der Waals surface area contributed by atoms with Crippen LogP contribution in [0.1, 0.15) is 36.0 Å². The van der Waals surface area contributed by atoms with Gasteiger partial charge in [-0.15, -0.1) is 0 Å². The van der Waals surface area contributed by atoms with E-state index in [0.29, 0.717) is 12.2 Å². The van der Waals surface area contributed by atoms with Crippen LogP contribution in [0, 0.1) is 19.3 Å². The van der Waals surface area contributed by atoms with Crippen LogP contribution in [0.25, 0.3) is 0 Å². The van der Waals surface area contributed by atoms with Crippen molar-refractivity contribution >= 4 is 0 Å². The highest BCUT2D eigenvalue weighted by Crippen LogP contribution is 2.49. The van der Waals surface area contributed by atoms with Crippen LogP contribution in [-0.4, -0.2) is 18.8 Å². The monoisotopic (exact) mass is 245 g/mol. The van der Waals surface area contributed by atoms with Crippen molar-refractivity contribution < 1.29 is 4.74 Å². The number of benzene rings is 1. The highest BCUT2D eigenvalue weighted by atomic mass is 16.5. The Balaban J connectivity index is 1.88. The van der Waals surface area contributed by atoms with Crippen LogP contribution < -0.4 is 5.73 Å². The first kappa shape index (κ1) is 12.2. The Kier molecular flexibility index (Phi) is 2.95. The fourth-order valence-electron chi connectivity index (χ4n) is 3.73. The highest BCUT2D eigenvalue weighted by molar-refractivity contribution is 5.32. The minimum Gasteiger partial charge on any atom is -0.374 e. The smallest absolute Gasteiger partial charge is 0.0652 e. The lowest BCUT2D eigenvalue weighted by Crippen LogP contribution is -2.41. The van der Waals surface area contributed by atoms with Gasteiger partial charge in [0.2, 0.25) is 0 Å². The van der Waals surface area contributed by atoms with Crippen LogP contribution in [-0.2, 0) is 11.2 Å². The van der Waals surface area contributed by atoms with Crippen LogP contribution in [0.4, 0.5) is 0 Å². The lowest BCUT2D eigenvalue weighted by molar-refractivity contribution is 0.0636. The zero-order valence-electron chi connectivity index (χ0n) is 11.4. The number of rotatable bonds is 3. The van der Waals surface area contributed by atoms with Gasteiger partial charge in [0, 0.05) is 12.0 Å². The van der Waals surface area contributed by atoms with Crippen molar-refractivity contribution in [3.8, 4) is 0 Å². The van der Waals surface area contributed by atoms with E-state index in [1.165, 1.54) is 29.5 Å². The second-order valence-corrected chi connectivity index (χ2v) is 6.20. The molecule has 0 radical (unpaired) electrons. The van der Waals surface area contributed by atoms with Gasteiger partial charge in [0.05, 0.1) is 12.2 Å². The molecular weight excluding hydrogens is 222 g/mol. The molecule has 1 aromatic rings. The Morgan fingerprint density at radius 2 is 2.17 bits per heavy atom. The van der Waals surface area contributed by atoms with E-state index >= 15 is 0 Å². The average Bonchev–Trinajstić information content (AvgIpc) is 2.94. The van der Waals surface area contributed by atoms with Crippen molar-refractivity contribution in [1.82, 2.24) is 0 Å². The Hall–Kier alpha value is -0.860. The van der Waals surface area contributed by atoms with Gasteiger partial charge < -0.3 is 10.5 Å². The third-order valence-electron chi connectivity index (χ3n) is 4.88. The maximum Gasteiger partial charge on any atom is 0.0652 e. The Labute approximate surface area is 110 Å². The van der Waals surface area contributed by atoms with Gasteiger partial charge in [-0.2, -0.15) is 0 Å². The van der Waals surface area contributed by atoms with Crippen molar-refractivity contribution in [1.29, 1.82) is 0 Å². The molecule has 2 saturated heterocycles. The number of hydrogen-bond acceptors (Lipinski definition) is 2. The van der Waals surface area contributed by atoms with Crippen LogP contribution in [0.2, 0.25) is 0 Å². The van der Waals surface area contributed by atoms with E-state index in [9.17, 15) is 0 Å². The van der Waals surface area contributed by atoms with Crippen LogP contribution in [0.15, 0.2) is 18.2 Å². The molecule has 2 nitrogen and oxygen atoms in total. The first-order valence-corrected chi connectivity index (χ1v) is 7.05. The zero-order valence-corrected chi connectivity index (χ0v) is 11.4. The molecule has 3 rings (SSSR count). The number of fused-ring (bicyclic) bond motifs is 2. The summed E-state index contributed by atoms with van der Waals surface area (Å²) in [6.45, 7) is 5.12. The maximum atomic E-state index is 6.11. The summed E-state index contributed by atoms with van der Waals surface area (Å²) in [5.41, 5.74) is 10.5. The Bertz CT molecular complexity index is 456. The third kappa shape index (κ3) is 1.88. The summed E-state index contributed by atoms with van der Waals surface area (Å²) in [6.07, 6.45) is 5.54. The summed E-state index contributed by atoms with van der Waals surface area (Å²) in [7, 11) is 0. The predicted octanol–water partition coefficient (Wildman–Crippen LogP) is 2.74. The van der Waals surface area contributed by atoms with Gasteiger partial charge in [0.15, 0.2) is 0 Å². The van der Waals surface area contributed by atoms with E-state index in [4.69, 9.17) is 10.5 Å². The van der Waals surface area contributed by atoms with Gasteiger partial charge in [-0.1, -0.05) is 23.8 Å². The predicted molar refractivity (Wildman–Crippen MR) is 73.6 cm³/mol. The molecule has 2 aliphatic heterocycles. The number of nitrogens with two attached hydrogens (primary N) is 1. The molecule has 3 atom stereocenters. The zero-order chi connectivity index (χ0) is 12.8. The molecule has 2 N–H and O–H groups in total. The second kappa shape index (κ2) is 4.36. The fraction of sp³-hybridized carbons (Fsp3) is 0.625. The molecule has 2 bridgehead atoms. The van der Waals surface area contributed by atoms with Crippen molar-refractivity contribution in [3.63, 3.8) is 0 Å². The number of aryl methyl sites for hydroxylation is 2. The van der Waals surface area contributed by atoms with Crippen LogP contribution >= 0.6 is 0 Å². The Morgan fingerprint density at radius 3 is 2.78 bits per heavy atom. The van der Waals surface area contributed by atoms with E-state index in [2.05, 4.69) is 32.0 Å². The molecule has 0 amide bonds. The largest absolute Gasteiger partial charge is 0.374 e. The van der Waals surface area contributed by atoms with Gasteiger partial charge in [-0.05, 0) is 50.7 Å². The van der Waals surface area contributed by atoms with Gasteiger partial charge in [-0.25, -0.2) is 0 Å². The van der Waals surface area contributed by atoms with E-state index in [-0.39, 0.29) is 5.41 Å². The average molecular weight is 245 g/mol. The molecule has 2 aliphatic rings. The summed E-state index contributed by atoms with van der Waals surface area (Å²) < 4.78 is 6.04. The lowest BCUT2D eigenvalue weighted by Gasteiger charge is -2.34. The molecule has 98 valence electrons. The molecule has 2 heteroatoms. The number of ether oxygens (including phenoxy) is 1. The fourth-order valence-corrected chi connectivity index (χ4v) is 3.73. The molecule has 2 heterocycles. The summed E-state index contributed by atoms with van der Waals surface area (Å²) in [5, 5.41) is 0. The SMILES string of the molecule is Cc1ccc(C)c(CC2(CN)CC3CCC2O3)c1. The maximum absolute atomic E-state index is 6.11. The first-order valence-electron chi connectivity index (χ1n) is 7.05. The first-order chi connectivity index (χ1) is 8.63. The van der Waals surface area contributed by atoms with E-state index in [0.717, 1.165) is 19.4 Å². The molecule has 3 unspecified atom stereocenters. The second-order valence-electron chi connectivity index (χ2n) is 6.20. The molecule has 2 fully saturated rings. The van der Waals surface area contributed by atoms with Gasteiger partial charge in [-0.3, -0.25) is 0 Å². The molecule has 0 spiro atoms. The van der Waals surface area contributed by atoms with E-state index < -0.39 is 0 Å². The van der Waals surface area contributed by atoms with Crippen molar-refractivity contribution in [2.75, 3.05) is 6.54 Å². The highest BCUT2D eigenvalue weighted by Gasteiger charge is 2.51. The van der Waals surface area contributed by atoms with E-state index in [1.807, 2.05) is 0 Å². The normalized spacial score (nSPS) is 34.2. The van der Waals surface area contributed by atoms with Crippen LogP contribution in [0.3, 0.4) is 0 Å². The van der Waals surface area contributed by atoms with Crippen LogP contribution in [0.5, 0.6) is 0 Å². The Morgan fingerprint density at radius 1 is 1.33 bits per heavy atom. The topological polar surface area (TPSA) is 35.2 Å². The number of hydrogen-bond donors (Lipinski definition) is 1. The van der Waals surface area contributed by atoms with Gasteiger partial charge in [0.1, 0.15) is 0 Å². The summed E-state index contributed by atoms with van der Waals surface area (Å²) in [5.74, 6) is 0. The third-order valence-corrected chi connectivity index (χ3v) is 4.88. The van der Waals surface area contributed by atoms with E-state index in [1.54, 1.807) is 0 Å². The van der Waals surface area contributed by atoms with Gasteiger partial charge >= 0.3 is 0 Å². The molecular formula is C16H23NO. The van der Waals surface area contributed by atoms with Crippen molar-refractivity contribution in [3.05, 3.63) is 34.9 Å². The summed E-state index contributed by atoms with van der Waals surface area (Å²) in [6, 6.07) is 6.73. The summed E-state index contributed by atoms with van der Waals surface area (Å²) in [4.78, 5) is 0. The minimum atomic E-state index is 0.196. The van der Waals surface area contributed by atoms with Crippen molar-refractivity contribution in [2.45, 2.75) is 51.7 Å². The minimum absolute atomic E-state index is 0.196. The van der Waals surface area contributed by atoms with Gasteiger partial charge in [0.25, 0.3) is 0 Å². The molecule has 1 aromatic carbocycles. The molecule has 18 heavy (non-hydrogen) atoms. The lowest BCUT2D eigenvalue weighted by atomic mass is 9.69. The molecule has 0 saturated carbocycles. The van der Waals surface area contributed by atoms with Crippen molar-refractivity contribution in [2.24, 2.45) is 11.1 Å². The standard InChI is InChI=1S/C16H23NO/c1-11-3-4-12(2)13(7-11)8-16(10-17)9-14-5-6-15(16)18-14/h3-4,7,14-15H,5-6,8-10,17H2,1-2H3. The quantitative estimate of drug-likeness (QED) is 0.888.